The highest BCUT2D eigenvalue weighted by atomic mass is 32.2. The Morgan fingerprint density at radius 2 is 2.29 bits per heavy atom. The quantitative estimate of drug-likeness (QED) is 0.664. The van der Waals surface area contributed by atoms with E-state index in [1.54, 1.807) is 24.0 Å². The maximum atomic E-state index is 11.7. The summed E-state index contributed by atoms with van der Waals surface area (Å²) in [4.78, 5) is 0. The Balaban J connectivity index is 2.49. The van der Waals surface area contributed by atoms with E-state index in [0.29, 0.717) is 12.1 Å². The van der Waals surface area contributed by atoms with Gasteiger partial charge in [0.15, 0.2) is 0 Å². The van der Waals surface area contributed by atoms with Crippen molar-refractivity contribution in [3.63, 3.8) is 0 Å². The van der Waals surface area contributed by atoms with Crippen LogP contribution < -0.4 is 4.72 Å². The van der Waals surface area contributed by atoms with Gasteiger partial charge in [-0.2, -0.15) is 22.5 Å². The third-order valence-corrected chi connectivity index (χ3v) is 3.76. The van der Waals surface area contributed by atoms with Crippen LogP contribution in [0.2, 0.25) is 0 Å². The van der Waals surface area contributed by atoms with Gasteiger partial charge in [-0.05, 0) is 12.5 Å². The molecule has 0 saturated heterocycles. The van der Waals surface area contributed by atoms with Gasteiger partial charge in [0.05, 0.1) is 12.2 Å². The van der Waals surface area contributed by atoms with Crippen molar-refractivity contribution < 1.29 is 13.5 Å². The number of rotatable bonds is 7. The molecule has 0 aliphatic carbocycles. The van der Waals surface area contributed by atoms with E-state index in [2.05, 4.69) is 9.82 Å². The van der Waals surface area contributed by atoms with E-state index in [1.807, 2.05) is 0 Å². The van der Waals surface area contributed by atoms with Crippen LogP contribution in [0.5, 0.6) is 0 Å². The van der Waals surface area contributed by atoms with Gasteiger partial charge in [-0.25, -0.2) is 0 Å². The highest BCUT2D eigenvalue weighted by molar-refractivity contribution is 7.87. The molecule has 0 radical (unpaired) electrons. The first-order valence-electron chi connectivity index (χ1n) is 5.26. The van der Waals surface area contributed by atoms with Gasteiger partial charge in [0.1, 0.15) is 0 Å². The largest absolute Gasteiger partial charge is 0.396 e. The van der Waals surface area contributed by atoms with Gasteiger partial charge in [0, 0.05) is 33.4 Å². The molecule has 0 fully saturated rings. The maximum Gasteiger partial charge on any atom is 0.279 e. The lowest BCUT2D eigenvalue weighted by Crippen LogP contribution is -2.38. The van der Waals surface area contributed by atoms with Gasteiger partial charge in [0.2, 0.25) is 0 Å². The molecular formula is C9H18N4O3S. The fourth-order valence-electron chi connectivity index (χ4n) is 1.25. The average Bonchev–Trinajstić information content (AvgIpc) is 2.69. The van der Waals surface area contributed by atoms with Gasteiger partial charge in [-0.1, -0.05) is 0 Å². The topological polar surface area (TPSA) is 87.5 Å². The molecule has 2 N–H and O–H groups in total. The number of aromatic nitrogens is 2. The Morgan fingerprint density at radius 1 is 1.59 bits per heavy atom. The molecule has 0 saturated carbocycles. The number of hydrogen-bond acceptors (Lipinski definition) is 4. The van der Waals surface area contributed by atoms with E-state index in [9.17, 15) is 8.42 Å². The van der Waals surface area contributed by atoms with Crippen LogP contribution in [0.25, 0.3) is 0 Å². The van der Waals surface area contributed by atoms with Crippen molar-refractivity contribution in [3.05, 3.63) is 18.0 Å². The van der Waals surface area contributed by atoms with Crippen molar-refractivity contribution >= 4 is 10.2 Å². The van der Waals surface area contributed by atoms with Crippen molar-refractivity contribution in [2.45, 2.75) is 13.0 Å². The Kier molecular flexibility index (Phi) is 5.06. The van der Waals surface area contributed by atoms with Gasteiger partial charge < -0.3 is 5.11 Å². The molecule has 1 aromatic rings. The number of aliphatic hydroxyl groups excluding tert-OH is 1. The van der Waals surface area contributed by atoms with E-state index in [4.69, 9.17) is 5.11 Å². The average molecular weight is 262 g/mol. The summed E-state index contributed by atoms with van der Waals surface area (Å²) < 4.78 is 28.7. The Bertz CT molecular complexity index is 443. The fourth-order valence-corrected chi connectivity index (χ4v) is 2.17. The molecule has 7 nitrogen and oxygen atoms in total. The Morgan fingerprint density at radius 3 is 2.82 bits per heavy atom. The molecule has 0 aliphatic rings. The van der Waals surface area contributed by atoms with Crippen LogP contribution in [0.15, 0.2) is 12.3 Å². The summed E-state index contributed by atoms with van der Waals surface area (Å²) in [5.74, 6) is 0. The summed E-state index contributed by atoms with van der Waals surface area (Å²) in [6.45, 7) is 0.417. The summed E-state index contributed by atoms with van der Waals surface area (Å²) in [6, 6.07) is 1.75. The fraction of sp³-hybridized carbons (Fsp3) is 0.667. The smallest absolute Gasteiger partial charge is 0.279 e. The van der Waals surface area contributed by atoms with Gasteiger partial charge >= 0.3 is 0 Å². The molecule has 0 unspecified atom stereocenters. The van der Waals surface area contributed by atoms with Crippen LogP contribution in [0.1, 0.15) is 12.1 Å². The molecule has 0 aliphatic heterocycles. The molecule has 0 atom stereocenters. The number of nitrogens with one attached hydrogen (secondary N) is 1. The van der Waals surface area contributed by atoms with E-state index in [-0.39, 0.29) is 19.7 Å². The minimum atomic E-state index is -3.50. The van der Waals surface area contributed by atoms with Crippen molar-refractivity contribution in [1.82, 2.24) is 18.8 Å². The molecule has 1 rings (SSSR count). The predicted octanol–water partition coefficient (Wildman–Crippen LogP) is -0.931. The van der Waals surface area contributed by atoms with Gasteiger partial charge in [-0.15, -0.1) is 0 Å². The van der Waals surface area contributed by atoms with E-state index in [0.717, 1.165) is 0 Å². The van der Waals surface area contributed by atoms with E-state index in [1.165, 1.54) is 11.4 Å². The molecule has 17 heavy (non-hydrogen) atoms. The normalized spacial score (nSPS) is 12.2. The highest BCUT2D eigenvalue weighted by Crippen LogP contribution is 1.99. The number of nitrogens with zero attached hydrogens (tertiary/aromatic N) is 3. The van der Waals surface area contributed by atoms with Crippen molar-refractivity contribution in [2.24, 2.45) is 7.05 Å². The van der Waals surface area contributed by atoms with Crippen molar-refractivity contribution in [1.29, 1.82) is 0 Å². The minimum Gasteiger partial charge on any atom is -0.396 e. The second kappa shape index (κ2) is 6.10. The van der Waals surface area contributed by atoms with E-state index >= 15 is 0 Å². The molecule has 0 amide bonds. The summed E-state index contributed by atoms with van der Waals surface area (Å²) in [5, 5.41) is 12.7. The van der Waals surface area contributed by atoms with Gasteiger partial charge in [0.25, 0.3) is 10.2 Å². The number of aliphatic hydroxyl groups is 1. The number of hydrogen-bond donors (Lipinski definition) is 2. The summed E-state index contributed by atoms with van der Waals surface area (Å²) in [6.07, 6.45) is 2.17. The Labute approximate surface area is 101 Å². The molecule has 0 aromatic carbocycles. The number of aryl methyl sites for hydroxylation is 1. The first kappa shape index (κ1) is 14.1. The molecule has 1 heterocycles. The lowest BCUT2D eigenvalue weighted by Gasteiger charge is -2.16. The third kappa shape index (κ3) is 4.43. The predicted molar refractivity (Wildman–Crippen MR) is 63.3 cm³/mol. The summed E-state index contributed by atoms with van der Waals surface area (Å²) in [5.41, 5.74) is 0.659. The van der Waals surface area contributed by atoms with Crippen molar-refractivity contribution in [3.8, 4) is 0 Å². The first-order chi connectivity index (χ1) is 7.95. The van der Waals surface area contributed by atoms with Crippen LogP contribution in [0.4, 0.5) is 0 Å². The van der Waals surface area contributed by atoms with Gasteiger partial charge in [-0.3, -0.25) is 4.68 Å². The molecule has 98 valence electrons. The maximum absolute atomic E-state index is 11.7. The summed E-state index contributed by atoms with van der Waals surface area (Å²) >= 11 is 0. The lowest BCUT2D eigenvalue weighted by atomic mass is 10.4. The first-order valence-corrected chi connectivity index (χ1v) is 6.70. The zero-order valence-electron chi connectivity index (χ0n) is 10.00. The molecule has 8 heteroatoms. The lowest BCUT2D eigenvalue weighted by molar-refractivity contribution is 0.275. The second-order valence-corrected chi connectivity index (χ2v) is 5.57. The van der Waals surface area contributed by atoms with Crippen LogP contribution in [0, 0.1) is 0 Å². The van der Waals surface area contributed by atoms with Crippen LogP contribution >= 0.6 is 0 Å². The SMILES string of the molecule is CN(CCCO)S(=O)(=O)NCc1ccn(C)n1. The molecular weight excluding hydrogens is 244 g/mol. The van der Waals surface area contributed by atoms with E-state index < -0.39 is 10.2 Å². The minimum absolute atomic E-state index is 0.0277. The highest BCUT2D eigenvalue weighted by Gasteiger charge is 2.16. The second-order valence-electron chi connectivity index (χ2n) is 3.71. The standard InChI is InChI=1S/C9H18N4O3S/c1-12-6-4-9(11-12)8-10-17(15,16)13(2)5-3-7-14/h4,6,10,14H,3,5,7-8H2,1-2H3. The zero-order valence-corrected chi connectivity index (χ0v) is 10.8. The molecule has 0 bridgehead atoms. The monoisotopic (exact) mass is 262 g/mol. The summed E-state index contributed by atoms with van der Waals surface area (Å²) in [7, 11) is -0.261. The zero-order chi connectivity index (χ0) is 12.9. The van der Waals surface area contributed by atoms with Crippen LogP contribution in [-0.2, 0) is 23.8 Å². The Hall–Kier alpha value is -0.960. The third-order valence-electron chi connectivity index (χ3n) is 2.25. The molecule has 1 aromatic heterocycles. The van der Waals surface area contributed by atoms with Crippen molar-refractivity contribution in [2.75, 3.05) is 20.2 Å². The van der Waals surface area contributed by atoms with Crippen LogP contribution in [0.3, 0.4) is 0 Å². The van der Waals surface area contributed by atoms with Crippen LogP contribution in [-0.4, -0.2) is 47.8 Å². The molecule has 0 spiro atoms.